The van der Waals surface area contributed by atoms with E-state index in [1.165, 1.54) is 43.6 Å². The third kappa shape index (κ3) is 6.21. The predicted octanol–water partition coefficient (Wildman–Crippen LogP) is 10.7. The van der Waals surface area contributed by atoms with Crippen LogP contribution in [0.4, 0.5) is 17.1 Å². The minimum Gasteiger partial charge on any atom is -0.416 e. The van der Waals surface area contributed by atoms with Crippen LogP contribution in [0.25, 0.3) is 44.2 Å². The highest BCUT2D eigenvalue weighted by Gasteiger charge is 2.55. The summed E-state index contributed by atoms with van der Waals surface area (Å²) in [6, 6.07) is 92.8. The summed E-state index contributed by atoms with van der Waals surface area (Å²) < 4.78 is 12.8. The highest BCUT2D eigenvalue weighted by atomic mass is 15.3. The van der Waals surface area contributed by atoms with Gasteiger partial charge in [0.2, 0.25) is 0 Å². The summed E-state index contributed by atoms with van der Waals surface area (Å²) >= 11 is 0. The normalized spacial score (nSPS) is 13.1. The molecule has 8 heteroatoms. The first-order valence-corrected chi connectivity index (χ1v) is 22.1. The summed E-state index contributed by atoms with van der Waals surface area (Å²) in [5, 5.41) is 3.71. The van der Waals surface area contributed by atoms with E-state index < -0.39 is 0 Å². The zero-order valence-corrected chi connectivity index (χ0v) is 35.2. The van der Waals surface area contributed by atoms with Crippen molar-refractivity contribution in [3.63, 3.8) is 0 Å². The number of aromatic nitrogens is 2. The van der Waals surface area contributed by atoms with E-state index in [4.69, 9.17) is 0 Å². The van der Waals surface area contributed by atoms with Gasteiger partial charge >= 0.3 is 20.9 Å². The molecule has 12 rings (SSSR count). The first-order chi connectivity index (χ1) is 31.8. The largest absolute Gasteiger partial charge is 0.416 e. The van der Waals surface area contributed by atoms with Gasteiger partial charge in [0.05, 0.1) is 11.0 Å². The lowest BCUT2D eigenvalue weighted by molar-refractivity contribution is 1.07. The first kappa shape index (κ1) is 37.7. The van der Waals surface area contributed by atoms with Crippen LogP contribution in [0.3, 0.4) is 0 Å². The zero-order valence-electron chi connectivity index (χ0n) is 35.2. The molecule has 0 unspecified atom stereocenters. The summed E-state index contributed by atoms with van der Waals surface area (Å²) in [6.45, 7) is -0.687. The van der Waals surface area contributed by atoms with Crippen molar-refractivity contribution >= 4 is 87.2 Å². The van der Waals surface area contributed by atoms with E-state index in [9.17, 15) is 0 Å². The maximum absolute atomic E-state index is 2.66. The maximum atomic E-state index is 2.66. The lowest BCUT2D eigenvalue weighted by atomic mass is 9.37. The van der Waals surface area contributed by atoms with Crippen molar-refractivity contribution in [1.29, 1.82) is 0 Å². The molecule has 0 radical (unpaired) electrons. The van der Waals surface area contributed by atoms with Crippen LogP contribution in [-0.4, -0.2) is 30.1 Å². The molecule has 0 saturated carbocycles. The van der Waals surface area contributed by atoms with Gasteiger partial charge in [-0.3, -0.25) is 9.13 Å². The van der Waals surface area contributed by atoms with Crippen molar-refractivity contribution in [2.24, 2.45) is 0 Å². The fourth-order valence-corrected chi connectivity index (χ4v) is 10.3. The molecule has 0 aliphatic carbocycles. The summed E-state index contributed by atoms with van der Waals surface area (Å²) in [5.74, 6) is 0. The van der Waals surface area contributed by atoms with Crippen molar-refractivity contribution in [3.8, 4) is 11.4 Å². The Morgan fingerprint density at radius 1 is 0.250 bits per heavy atom. The highest BCUT2D eigenvalue weighted by Crippen LogP contribution is 2.42. The number of benzene rings is 9. The summed E-state index contributed by atoms with van der Waals surface area (Å²) in [7, 11) is 0. The molecule has 300 valence electrons. The Morgan fingerprint density at radius 3 is 1.00 bits per heavy atom. The Balaban J connectivity index is 1.18. The Kier molecular flexibility index (Phi) is 9.41. The Bertz CT molecular complexity index is 3280. The number of para-hydroxylation sites is 5. The molecule has 11 aromatic rings. The summed E-state index contributed by atoms with van der Waals surface area (Å²) in [4.78, 5) is 0. The highest BCUT2D eigenvalue weighted by molar-refractivity contribution is 7.14. The second-order valence-corrected chi connectivity index (χ2v) is 16.5. The van der Waals surface area contributed by atoms with Crippen LogP contribution < -0.4 is 30.6 Å². The first-order valence-electron chi connectivity index (χ1n) is 22.1. The molecule has 5 nitrogen and oxygen atoms in total. The lowest BCUT2D eigenvalue weighted by Crippen LogP contribution is -2.86. The fourth-order valence-electron chi connectivity index (χ4n) is 10.3. The van der Waals surface area contributed by atoms with E-state index in [1.807, 2.05) is 0 Å². The van der Waals surface area contributed by atoms with E-state index in [0.29, 0.717) is 0 Å². The number of rotatable bonds is 8. The van der Waals surface area contributed by atoms with Crippen LogP contribution in [0.1, 0.15) is 0 Å². The lowest BCUT2D eigenvalue weighted by Gasteiger charge is -2.57. The van der Waals surface area contributed by atoms with Crippen LogP contribution in [0.15, 0.2) is 255 Å². The molecule has 2 aromatic heterocycles. The average Bonchev–Trinajstić information content (AvgIpc) is 3.90. The minimum atomic E-state index is -0.244. The number of anilines is 3. The topological polar surface area (TPSA) is 19.6 Å². The summed E-state index contributed by atoms with van der Waals surface area (Å²) in [5.41, 5.74) is 12.7. The molecule has 0 atom stereocenters. The van der Waals surface area contributed by atoms with E-state index in [2.05, 4.69) is 278 Å². The molecule has 9 aromatic carbocycles. The van der Waals surface area contributed by atoms with Gasteiger partial charge in [-0.1, -0.05) is 188 Å². The van der Waals surface area contributed by atoms with Crippen LogP contribution in [0, 0.1) is 0 Å². The molecular formula is C56H42B3N5. The van der Waals surface area contributed by atoms with Crippen LogP contribution >= 0.6 is 0 Å². The Hall–Kier alpha value is -8.09. The number of nitrogens with zero attached hydrogens (tertiary/aromatic N) is 5. The van der Waals surface area contributed by atoms with Crippen LogP contribution in [0.5, 0.6) is 0 Å². The quantitative estimate of drug-likeness (QED) is 0.142. The van der Waals surface area contributed by atoms with Gasteiger partial charge < -0.3 is 14.2 Å². The van der Waals surface area contributed by atoms with Gasteiger partial charge in [-0.2, -0.15) is 0 Å². The van der Waals surface area contributed by atoms with Gasteiger partial charge in [-0.05, 0) is 83.1 Å². The molecule has 0 amide bonds. The molecule has 1 aliphatic rings. The van der Waals surface area contributed by atoms with E-state index in [-0.39, 0.29) is 20.9 Å². The fraction of sp³-hybridized carbons (Fsp3) is 0. The number of fused-ring (bicyclic) bond motifs is 5. The molecule has 1 saturated heterocycles. The molecule has 64 heavy (non-hydrogen) atoms. The van der Waals surface area contributed by atoms with E-state index in [0.717, 1.165) is 34.1 Å². The van der Waals surface area contributed by atoms with Crippen LogP contribution in [-0.2, 0) is 0 Å². The van der Waals surface area contributed by atoms with Crippen molar-refractivity contribution in [1.82, 2.24) is 9.13 Å². The Labute approximate surface area is 375 Å². The van der Waals surface area contributed by atoms with E-state index in [1.54, 1.807) is 0 Å². The number of hydrogen-bond acceptors (Lipinski definition) is 3. The van der Waals surface area contributed by atoms with Gasteiger partial charge in [0.25, 0.3) is 0 Å². The van der Waals surface area contributed by atoms with Crippen molar-refractivity contribution in [3.05, 3.63) is 255 Å². The molecule has 0 bridgehead atoms. The second kappa shape index (κ2) is 16.0. The monoisotopic (exact) mass is 817 g/mol. The van der Waals surface area contributed by atoms with Crippen molar-refractivity contribution < 1.29 is 0 Å². The van der Waals surface area contributed by atoms with Crippen LogP contribution in [0.2, 0.25) is 0 Å². The summed E-state index contributed by atoms with van der Waals surface area (Å²) in [6.07, 6.45) is 0. The zero-order chi connectivity index (χ0) is 42.4. The molecule has 0 spiro atoms. The molecule has 1 fully saturated rings. The van der Waals surface area contributed by atoms with Gasteiger partial charge in [-0.15, -0.1) is 0 Å². The molecule has 1 aliphatic heterocycles. The number of hydrogen-bond donors (Lipinski definition) is 0. The third-order valence-electron chi connectivity index (χ3n) is 12.9. The molecule has 0 N–H and O–H groups in total. The minimum absolute atomic E-state index is 0.199. The molecular weight excluding hydrogens is 775 g/mol. The third-order valence-corrected chi connectivity index (χ3v) is 12.9. The van der Waals surface area contributed by atoms with E-state index >= 15 is 0 Å². The predicted molar refractivity (Wildman–Crippen MR) is 273 cm³/mol. The van der Waals surface area contributed by atoms with Gasteiger partial charge in [0, 0.05) is 44.6 Å². The second-order valence-electron chi connectivity index (χ2n) is 16.5. The molecule has 3 heterocycles. The SMILES string of the molecule is c1ccc(B2N(c3ccccc3)B(c3ccccc3)N(c3cccc(-n4c5ccccc5c5c6ccccc6n(-c6ccccc6)c54)c3)B(c3ccccc3)N2c2ccccc2)cc1. The Morgan fingerprint density at radius 2 is 0.562 bits per heavy atom. The van der Waals surface area contributed by atoms with Gasteiger partial charge in [0.15, 0.2) is 0 Å². The average molecular weight is 817 g/mol. The van der Waals surface area contributed by atoms with Gasteiger partial charge in [0.1, 0.15) is 5.65 Å². The smallest absolute Gasteiger partial charge is 0.388 e. The standard InChI is InChI=1S/C56H42B3N5/c1-7-24-43(25-8-1)57-62(47-32-15-5-16-33-47)58(44-26-9-2-10-27-44)64(59(45-28-11-3-12-29-45)63(57)48-34-17-6-18-35-48)50-37-23-36-49(42-50)61-54-41-22-20-39-52(54)55-51-38-19-21-40-53(51)60(56(55)61)46-30-13-4-14-31-46/h1-42H. The maximum Gasteiger partial charge on any atom is 0.388 e. The van der Waals surface area contributed by atoms with Crippen molar-refractivity contribution in [2.45, 2.75) is 0 Å². The van der Waals surface area contributed by atoms with Crippen molar-refractivity contribution in [2.75, 3.05) is 14.2 Å². The van der Waals surface area contributed by atoms with Gasteiger partial charge in [-0.25, -0.2) is 0 Å².